The van der Waals surface area contributed by atoms with Crippen LogP contribution in [0.5, 0.6) is 11.5 Å². The Kier molecular flexibility index (Phi) is 5.77. The summed E-state index contributed by atoms with van der Waals surface area (Å²) in [7, 11) is 0. The van der Waals surface area contributed by atoms with Crippen LogP contribution in [0.15, 0.2) is 72.8 Å². The van der Waals surface area contributed by atoms with Gasteiger partial charge in [-0.05, 0) is 23.3 Å². The molecule has 132 valence electrons. The molecule has 0 unspecified atom stereocenters. The van der Waals surface area contributed by atoms with Crippen molar-refractivity contribution in [2.75, 3.05) is 0 Å². The molecule has 0 saturated heterocycles. The molecule has 0 aliphatic heterocycles. The molecule has 0 radical (unpaired) electrons. The lowest BCUT2D eigenvalue weighted by atomic mass is 10.2. The zero-order valence-corrected chi connectivity index (χ0v) is 14.6. The Morgan fingerprint density at radius 3 is 1.92 bits per heavy atom. The largest absolute Gasteiger partial charge is 0.485 e. The van der Waals surface area contributed by atoms with E-state index in [1.54, 1.807) is 0 Å². The molecule has 0 bridgehead atoms. The van der Waals surface area contributed by atoms with Gasteiger partial charge in [0.1, 0.15) is 13.2 Å². The maximum Gasteiger partial charge on any atom is 0.335 e. The number of halogens is 1. The van der Waals surface area contributed by atoms with Gasteiger partial charge in [-0.25, -0.2) is 4.79 Å². The van der Waals surface area contributed by atoms with Crippen molar-refractivity contribution in [1.29, 1.82) is 0 Å². The van der Waals surface area contributed by atoms with Crippen molar-refractivity contribution in [3.05, 3.63) is 94.5 Å². The summed E-state index contributed by atoms with van der Waals surface area (Å²) in [4.78, 5) is 11.3. The molecule has 3 aromatic carbocycles. The van der Waals surface area contributed by atoms with Gasteiger partial charge >= 0.3 is 5.97 Å². The number of benzene rings is 3. The van der Waals surface area contributed by atoms with Crippen LogP contribution < -0.4 is 9.47 Å². The van der Waals surface area contributed by atoms with Gasteiger partial charge in [-0.1, -0.05) is 72.3 Å². The lowest BCUT2D eigenvalue weighted by Gasteiger charge is -2.15. The minimum atomic E-state index is -1.08. The van der Waals surface area contributed by atoms with E-state index in [1.807, 2.05) is 60.7 Å². The van der Waals surface area contributed by atoms with Crippen LogP contribution in [0.3, 0.4) is 0 Å². The molecule has 0 heterocycles. The predicted molar refractivity (Wildman–Crippen MR) is 100.0 cm³/mol. The van der Waals surface area contributed by atoms with Crippen molar-refractivity contribution in [2.45, 2.75) is 13.2 Å². The highest BCUT2D eigenvalue weighted by molar-refractivity contribution is 6.32. The maximum atomic E-state index is 11.3. The molecule has 0 amide bonds. The van der Waals surface area contributed by atoms with E-state index in [0.717, 1.165) is 11.1 Å². The summed E-state index contributed by atoms with van der Waals surface area (Å²) in [6.45, 7) is 0.580. The minimum absolute atomic E-state index is 0.0464. The zero-order valence-electron chi connectivity index (χ0n) is 13.9. The van der Waals surface area contributed by atoms with Gasteiger partial charge in [0.2, 0.25) is 0 Å². The van der Waals surface area contributed by atoms with Gasteiger partial charge in [-0.15, -0.1) is 0 Å². The average Bonchev–Trinajstić information content (AvgIpc) is 2.66. The Hall–Kier alpha value is -2.98. The second-order valence-electron chi connectivity index (χ2n) is 5.64. The number of carboxylic acid groups (broad SMARTS) is 1. The monoisotopic (exact) mass is 368 g/mol. The molecule has 0 saturated carbocycles. The van der Waals surface area contributed by atoms with Crippen molar-refractivity contribution in [3.63, 3.8) is 0 Å². The summed E-state index contributed by atoms with van der Waals surface area (Å²) in [5.74, 6) is -0.447. The summed E-state index contributed by atoms with van der Waals surface area (Å²) >= 11 is 6.26. The number of aromatic carboxylic acids is 1. The summed E-state index contributed by atoms with van der Waals surface area (Å²) in [6.07, 6.45) is 0. The van der Waals surface area contributed by atoms with E-state index in [4.69, 9.17) is 21.1 Å². The van der Waals surface area contributed by atoms with Crippen LogP contribution in [0, 0.1) is 0 Å². The molecular formula is C21H17ClO4. The van der Waals surface area contributed by atoms with Crippen LogP contribution in [0.1, 0.15) is 21.5 Å². The fraction of sp³-hybridized carbons (Fsp3) is 0.0952. The smallest absolute Gasteiger partial charge is 0.335 e. The molecule has 0 aromatic heterocycles. The van der Waals surface area contributed by atoms with Gasteiger partial charge in [-0.3, -0.25) is 0 Å². The highest BCUT2D eigenvalue weighted by atomic mass is 35.5. The summed E-state index contributed by atoms with van der Waals surface area (Å²) < 4.78 is 11.6. The highest BCUT2D eigenvalue weighted by Crippen LogP contribution is 2.37. The van der Waals surface area contributed by atoms with Crippen LogP contribution in [0.25, 0.3) is 0 Å². The third-order valence-corrected chi connectivity index (χ3v) is 4.00. The standard InChI is InChI=1S/C21H17ClO4/c22-18-11-17(21(23)24)12-19(25-13-15-7-3-1-4-8-15)20(18)26-14-16-9-5-2-6-10-16/h1-12H,13-14H2,(H,23,24). The van der Waals surface area contributed by atoms with E-state index in [9.17, 15) is 9.90 Å². The number of carboxylic acids is 1. The molecule has 0 atom stereocenters. The third-order valence-electron chi connectivity index (χ3n) is 3.72. The van der Waals surface area contributed by atoms with E-state index in [2.05, 4.69) is 0 Å². The molecule has 26 heavy (non-hydrogen) atoms. The number of carbonyl (C=O) groups is 1. The van der Waals surface area contributed by atoms with E-state index < -0.39 is 5.97 Å². The Morgan fingerprint density at radius 1 is 0.846 bits per heavy atom. The first-order chi connectivity index (χ1) is 12.6. The third kappa shape index (κ3) is 4.55. The first-order valence-electron chi connectivity index (χ1n) is 8.04. The highest BCUT2D eigenvalue weighted by Gasteiger charge is 2.16. The van der Waals surface area contributed by atoms with Gasteiger partial charge in [0, 0.05) is 0 Å². The molecule has 1 N–H and O–H groups in total. The first kappa shape index (κ1) is 17.8. The number of hydrogen-bond acceptors (Lipinski definition) is 3. The Labute approximate surface area is 156 Å². The zero-order chi connectivity index (χ0) is 18.4. The fourth-order valence-electron chi connectivity index (χ4n) is 2.40. The van der Waals surface area contributed by atoms with E-state index in [0.29, 0.717) is 18.1 Å². The maximum absolute atomic E-state index is 11.3. The van der Waals surface area contributed by atoms with Gasteiger partial charge < -0.3 is 14.6 Å². The SMILES string of the molecule is O=C(O)c1cc(Cl)c(OCc2ccccc2)c(OCc2ccccc2)c1. The Balaban J connectivity index is 1.84. The van der Waals surface area contributed by atoms with Gasteiger partial charge in [0.25, 0.3) is 0 Å². The minimum Gasteiger partial charge on any atom is -0.485 e. The second kappa shape index (κ2) is 8.41. The predicted octanol–water partition coefficient (Wildman–Crippen LogP) is 5.20. The number of rotatable bonds is 7. The summed E-state index contributed by atoms with van der Waals surface area (Å²) in [5, 5.41) is 9.46. The summed E-state index contributed by atoms with van der Waals surface area (Å²) in [5.41, 5.74) is 1.98. The quantitative estimate of drug-likeness (QED) is 0.623. The fourth-order valence-corrected chi connectivity index (χ4v) is 2.67. The average molecular weight is 369 g/mol. The molecule has 3 aromatic rings. The number of hydrogen-bond donors (Lipinski definition) is 1. The van der Waals surface area contributed by atoms with Crippen LogP contribution >= 0.6 is 11.6 Å². The lowest BCUT2D eigenvalue weighted by molar-refractivity contribution is 0.0696. The molecule has 0 aliphatic carbocycles. The normalized spacial score (nSPS) is 10.3. The molecule has 3 rings (SSSR count). The first-order valence-corrected chi connectivity index (χ1v) is 8.41. The molecule has 5 heteroatoms. The van der Waals surface area contributed by atoms with Crippen LogP contribution in [-0.2, 0) is 13.2 Å². The van der Waals surface area contributed by atoms with Crippen molar-refractivity contribution in [2.24, 2.45) is 0 Å². The van der Waals surface area contributed by atoms with Gasteiger partial charge in [-0.2, -0.15) is 0 Å². The second-order valence-corrected chi connectivity index (χ2v) is 6.05. The molecule has 0 fully saturated rings. The molecular weight excluding hydrogens is 352 g/mol. The van der Waals surface area contributed by atoms with E-state index >= 15 is 0 Å². The Bertz CT molecular complexity index is 879. The lowest BCUT2D eigenvalue weighted by Crippen LogP contribution is -2.04. The van der Waals surface area contributed by atoms with Crippen molar-refractivity contribution < 1.29 is 19.4 Å². The van der Waals surface area contributed by atoms with Gasteiger partial charge in [0.05, 0.1) is 10.6 Å². The summed E-state index contributed by atoms with van der Waals surface area (Å²) in [6, 6.07) is 22.0. The van der Waals surface area contributed by atoms with Crippen molar-refractivity contribution >= 4 is 17.6 Å². The van der Waals surface area contributed by atoms with Gasteiger partial charge in [0.15, 0.2) is 11.5 Å². The molecule has 0 aliphatic rings. The van der Waals surface area contributed by atoms with Crippen molar-refractivity contribution in [3.8, 4) is 11.5 Å². The van der Waals surface area contributed by atoms with Crippen LogP contribution in [-0.4, -0.2) is 11.1 Å². The number of ether oxygens (including phenoxy) is 2. The molecule has 4 nitrogen and oxygen atoms in total. The topological polar surface area (TPSA) is 55.8 Å². The van der Waals surface area contributed by atoms with Crippen molar-refractivity contribution in [1.82, 2.24) is 0 Å². The Morgan fingerprint density at radius 2 is 1.38 bits per heavy atom. The van der Waals surface area contributed by atoms with Crippen LogP contribution in [0.2, 0.25) is 5.02 Å². The van der Waals surface area contributed by atoms with E-state index in [1.165, 1.54) is 12.1 Å². The van der Waals surface area contributed by atoms with Crippen LogP contribution in [0.4, 0.5) is 0 Å². The van der Waals surface area contributed by atoms with E-state index in [-0.39, 0.29) is 17.2 Å². The molecule has 0 spiro atoms.